The zero-order chi connectivity index (χ0) is 16.2. The minimum atomic E-state index is -0.285. The summed E-state index contributed by atoms with van der Waals surface area (Å²) >= 11 is 0. The molecule has 2 fully saturated rings. The van der Waals surface area contributed by atoms with Crippen LogP contribution in [0.4, 0.5) is 5.69 Å². The first-order chi connectivity index (χ1) is 11.1. The van der Waals surface area contributed by atoms with E-state index in [1.807, 2.05) is 0 Å². The number of amides is 2. The normalized spacial score (nSPS) is 18.7. The Bertz CT molecular complexity index is 558. The van der Waals surface area contributed by atoms with Crippen LogP contribution in [-0.2, 0) is 4.79 Å². The predicted molar refractivity (Wildman–Crippen MR) is 88.2 cm³/mol. The number of nitrogens with zero attached hydrogens (tertiary/aromatic N) is 1. The molecular formula is C18H24N2O3. The average molecular weight is 316 g/mol. The molecule has 0 aromatic heterocycles. The van der Waals surface area contributed by atoms with Gasteiger partial charge in [-0.3, -0.25) is 9.59 Å². The van der Waals surface area contributed by atoms with E-state index >= 15 is 0 Å². The number of aliphatic hydroxyl groups excluding tert-OH is 1. The lowest BCUT2D eigenvalue weighted by atomic mass is 10.1. The summed E-state index contributed by atoms with van der Waals surface area (Å²) in [5, 5.41) is 12.4. The Balaban J connectivity index is 1.51. The zero-order valence-corrected chi connectivity index (χ0v) is 13.3. The molecular weight excluding hydrogens is 292 g/mol. The molecule has 0 bridgehead atoms. The number of aliphatic hydroxyl groups is 1. The molecule has 2 aliphatic rings. The van der Waals surface area contributed by atoms with Crippen molar-refractivity contribution in [3.8, 4) is 0 Å². The summed E-state index contributed by atoms with van der Waals surface area (Å²) < 4.78 is 0. The van der Waals surface area contributed by atoms with Gasteiger partial charge < -0.3 is 15.3 Å². The number of piperidine rings is 1. The Morgan fingerprint density at radius 3 is 2.35 bits per heavy atom. The maximum Gasteiger partial charge on any atom is 0.253 e. The van der Waals surface area contributed by atoms with Crippen LogP contribution < -0.4 is 5.32 Å². The van der Waals surface area contributed by atoms with Gasteiger partial charge in [0.05, 0.1) is 6.10 Å². The van der Waals surface area contributed by atoms with Gasteiger partial charge in [-0.05, 0) is 49.4 Å². The lowest BCUT2D eigenvalue weighted by molar-refractivity contribution is -0.116. The number of carbonyl (C=O) groups excluding carboxylic acids is 2. The van der Waals surface area contributed by atoms with Gasteiger partial charge in [-0.2, -0.15) is 0 Å². The summed E-state index contributed by atoms with van der Waals surface area (Å²) in [5.74, 6) is 0.785. The number of nitrogens with one attached hydrogen (secondary N) is 1. The molecule has 2 amide bonds. The number of rotatable bonds is 5. The second kappa shape index (κ2) is 7.13. The van der Waals surface area contributed by atoms with Gasteiger partial charge in [0.15, 0.2) is 0 Å². The Labute approximate surface area is 136 Å². The number of hydrogen-bond donors (Lipinski definition) is 2. The van der Waals surface area contributed by atoms with E-state index in [4.69, 9.17) is 0 Å². The molecule has 1 aromatic rings. The van der Waals surface area contributed by atoms with Crippen molar-refractivity contribution in [1.29, 1.82) is 0 Å². The van der Waals surface area contributed by atoms with E-state index in [1.165, 1.54) is 12.8 Å². The third-order valence-corrected chi connectivity index (χ3v) is 4.64. The van der Waals surface area contributed by atoms with E-state index in [9.17, 15) is 14.7 Å². The van der Waals surface area contributed by atoms with Crippen LogP contribution in [0.15, 0.2) is 24.3 Å². The first-order valence-corrected chi connectivity index (χ1v) is 8.49. The summed E-state index contributed by atoms with van der Waals surface area (Å²) in [5.41, 5.74) is 1.36. The number of likely N-dealkylation sites (tertiary alicyclic amines) is 1. The largest absolute Gasteiger partial charge is 0.393 e. The molecule has 1 aliphatic heterocycles. The standard InChI is InChI=1S/C18H24N2O3/c21-16-9-11-20(12-10-16)18(23)14-4-6-15(7-5-14)19-17(22)8-3-13-1-2-13/h4-7,13,16,21H,1-3,8-12H2,(H,19,22). The molecule has 23 heavy (non-hydrogen) atoms. The second-order valence-corrected chi connectivity index (χ2v) is 6.63. The van der Waals surface area contributed by atoms with Crippen LogP contribution in [0.3, 0.4) is 0 Å². The van der Waals surface area contributed by atoms with Gasteiger partial charge in [-0.15, -0.1) is 0 Å². The molecule has 5 nitrogen and oxygen atoms in total. The number of carbonyl (C=O) groups is 2. The number of benzene rings is 1. The van der Waals surface area contributed by atoms with Crippen molar-refractivity contribution in [2.75, 3.05) is 18.4 Å². The van der Waals surface area contributed by atoms with Gasteiger partial charge in [0, 0.05) is 30.8 Å². The van der Waals surface area contributed by atoms with Crippen molar-refractivity contribution in [2.24, 2.45) is 5.92 Å². The quantitative estimate of drug-likeness (QED) is 0.876. The lowest BCUT2D eigenvalue weighted by Crippen LogP contribution is -2.40. The van der Waals surface area contributed by atoms with Crippen LogP contribution >= 0.6 is 0 Å². The minimum Gasteiger partial charge on any atom is -0.393 e. The molecule has 0 atom stereocenters. The predicted octanol–water partition coefficient (Wildman–Crippen LogP) is 2.41. The minimum absolute atomic E-state index is 0.0106. The summed E-state index contributed by atoms with van der Waals surface area (Å²) in [4.78, 5) is 26.0. The van der Waals surface area contributed by atoms with Gasteiger partial charge in [0.2, 0.25) is 5.91 Å². The van der Waals surface area contributed by atoms with Gasteiger partial charge in [0.1, 0.15) is 0 Å². The van der Waals surface area contributed by atoms with Crippen molar-refractivity contribution < 1.29 is 14.7 Å². The Morgan fingerprint density at radius 1 is 1.09 bits per heavy atom. The average Bonchev–Trinajstić information content (AvgIpc) is 3.38. The van der Waals surface area contributed by atoms with Crippen LogP contribution in [0.1, 0.15) is 48.9 Å². The highest BCUT2D eigenvalue weighted by molar-refractivity contribution is 5.95. The highest BCUT2D eigenvalue weighted by Gasteiger charge is 2.23. The Hall–Kier alpha value is -1.88. The van der Waals surface area contributed by atoms with E-state index in [2.05, 4.69) is 5.32 Å². The van der Waals surface area contributed by atoms with Crippen LogP contribution in [0, 0.1) is 5.92 Å². The van der Waals surface area contributed by atoms with E-state index in [-0.39, 0.29) is 17.9 Å². The summed E-state index contributed by atoms with van der Waals surface area (Å²) in [7, 11) is 0. The monoisotopic (exact) mass is 316 g/mol. The van der Waals surface area contributed by atoms with Gasteiger partial charge in [-0.25, -0.2) is 0 Å². The fourth-order valence-corrected chi connectivity index (χ4v) is 2.91. The molecule has 0 spiro atoms. The van der Waals surface area contributed by atoms with E-state index in [1.54, 1.807) is 29.2 Å². The Morgan fingerprint density at radius 2 is 1.74 bits per heavy atom. The van der Waals surface area contributed by atoms with E-state index < -0.39 is 0 Å². The molecule has 1 aromatic carbocycles. The third-order valence-electron chi connectivity index (χ3n) is 4.64. The molecule has 124 valence electrons. The molecule has 0 radical (unpaired) electrons. The zero-order valence-electron chi connectivity index (χ0n) is 13.3. The van der Waals surface area contributed by atoms with Crippen molar-refractivity contribution in [1.82, 2.24) is 4.90 Å². The van der Waals surface area contributed by atoms with Gasteiger partial charge in [-0.1, -0.05) is 12.8 Å². The molecule has 1 heterocycles. The SMILES string of the molecule is O=C(CCC1CC1)Nc1ccc(C(=O)N2CCC(O)CC2)cc1. The molecule has 1 saturated heterocycles. The van der Waals surface area contributed by atoms with Crippen LogP contribution in [0.2, 0.25) is 0 Å². The Kier molecular flexibility index (Phi) is 4.96. The molecule has 1 aliphatic carbocycles. The molecule has 1 saturated carbocycles. The summed E-state index contributed by atoms with van der Waals surface area (Å²) in [6.07, 6.45) is 5.06. The summed E-state index contributed by atoms with van der Waals surface area (Å²) in [6, 6.07) is 7.07. The van der Waals surface area contributed by atoms with Gasteiger partial charge >= 0.3 is 0 Å². The maximum atomic E-state index is 12.4. The maximum absolute atomic E-state index is 12.4. The number of hydrogen-bond acceptors (Lipinski definition) is 3. The first kappa shape index (κ1) is 16.0. The summed E-state index contributed by atoms with van der Waals surface area (Å²) in [6.45, 7) is 1.19. The second-order valence-electron chi connectivity index (χ2n) is 6.63. The van der Waals surface area contributed by atoms with Crippen molar-refractivity contribution in [3.05, 3.63) is 29.8 Å². The molecule has 0 unspecified atom stereocenters. The fourth-order valence-electron chi connectivity index (χ4n) is 2.91. The number of anilines is 1. The smallest absolute Gasteiger partial charge is 0.253 e. The third kappa shape index (κ3) is 4.55. The fraction of sp³-hybridized carbons (Fsp3) is 0.556. The van der Waals surface area contributed by atoms with E-state index in [0.717, 1.165) is 18.0 Å². The lowest BCUT2D eigenvalue weighted by Gasteiger charge is -2.29. The van der Waals surface area contributed by atoms with Crippen LogP contribution in [-0.4, -0.2) is 41.0 Å². The molecule has 5 heteroatoms. The van der Waals surface area contributed by atoms with Crippen molar-refractivity contribution >= 4 is 17.5 Å². The topological polar surface area (TPSA) is 69.6 Å². The first-order valence-electron chi connectivity index (χ1n) is 8.49. The van der Waals surface area contributed by atoms with Crippen LogP contribution in [0.5, 0.6) is 0 Å². The van der Waals surface area contributed by atoms with Gasteiger partial charge in [0.25, 0.3) is 5.91 Å². The highest BCUT2D eigenvalue weighted by Crippen LogP contribution is 2.33. The van der Waals surface area contributed by atoms with Crippen molar-refractivity contribution in [2.45, 2.75) is 44.6 Å². The highest BCUT2D eigenvalue weighted by atomic mass is 16.3. The van der Waals surface area contributed by atoms with Crippen LogP contribution in [0.25, 0.3) is 0 Å². The van der Waals surface area contributed by atoms with E-state index in [0.29, 0.717) is 37.9 Å². The molecule has 2 N–H and O–H groups in total. The van der Waals surface area contributed by atoms with Crippen molar-refractivity contribution in [3.63, 3.8) is 0 Å². The molecule has 3 rings (SSSR count).